The molecule has 8 nitrogen and oxygen atoms in total. The summed E-state index contributed by atoms with van der Waals surface area (Å²) >= 11 is 0. The zero-order valence-electron chi connectivity index (χ0n) is 8.77. The molecule has 100 valence electrons. The van der Waals surface area contributed by atoms with E-state index in [4.69, 9.17) is 11.1 Å². The van der Waals surface area contributed by atoms with E-state index in [1.807, 2.05) is 0 Å². The molecule has 0 fully saturated rings. The van der Waals surface area contributed by atoms with Crippen LogP contribution in [0, 0.1) is 5.41 Å². The first-order valence-electron chi connectivity index (χ1n) is 4.44. The van der Waals surface area contributed by atoms with Crippen LogP contribution in [0.1, 0.15) is 11.9 Å². The Morgan fingerprint density at radius 2 is 1.89 bits per heavy atom. The SMILES string of the molecule is N=C(N)OC(O)c1cc([SH](=O)=O)ccc1[SH](=O)=O. The molecular formula is C8H10N2O6S2. The van der Waals surface area contributed by atoms with Gasteiger partial charge in [-0.3, -0.25) is 5.41 Å². The highest BCUT2D eigenvalue weighted by Crippen LogP contribution is 2.22. The molecule has 0 aliphatic heterocycles. The summed E-state index contributed by atoms with van der Waals surface area (Å²) in [7, 11) is -5.99. The van der Waals surface area contributed by atoms with Crippen molar-refractivity contribution in [3.8, 4) is 0 Å². The monoisotopic (exact) mass is 294 g/mol. The molecule has 0 heterocycles. The van der Waals surface area contributed by atoms with Crippen LogP contribution in [0.2, 0.25) is 0 Å². The lowest BCUT2D eigenvalue weighted by Crippen LogP contribution is -2.18. The fraction of sp³-hybridized carbons (Fsp3) is 0.125. The number of hydrogen-bond acceptors (Lipinski definition) is 7. The molecule has 0 aromatic heterocycles. The Morgan fingerprint density at radius 1 is 1.28 bits per heavy atom. The third-order valence-electron chi connectivity index (χ3n) is 1.92. The van der Waals surface area contributed by atoms with Crippen LogP contribution in [0.5, 0.6) is 0 Å². The zero-order chi connectivity index (χ0) is 13.9. The molecule has 10 heteroatoms. The van der Waals surface area contributed by atoms with Gasteiger partial charge < -0.3 is 15.6 Å². The van der Waals surface area contributed by atoms with Crippen molar-refractivity contribution in [2.45, 2.75) is 16.1 Å². The summed E-state index contributed by atoms with van der Waals surface area (Å²) in [5.41, 5.74) is 4.59. The number of nitrogens with two attached hydrogens (primary N) is 1. The van der Waals surface area contributed by atoms with Gasteiger partial charge in [0, 0.05) is 5.56 Å². The standard InChI is InChI=1S/C8H10N2O6S2/c9-8(10)16-7(11)5-3-4(17(12)13)1-2-6(5)18(14)15/h1-3,7,11,17-18H,(H3,9,10). The molecule has 1 aromatic rings. The summed E-state index contributed by atoms with van der Waals surface area (Å²) in [5.74, 6) is 0. The van der Waals surface area contributed by atoms with E-state index in [2.05, 4.69) is 4.74 Å². The van der Waals surface area contributed by atoms with Gasteiger partial charge in [-0.25, -0.2) is 16.8 Å². The Bertz CT molecular complexity index is 606. The molecule has 1 atom stereocenters. The van der Waals surface area contributed by atoms with E-state index in [0.29, 0.717) is 0 Å². The van der Waals surface area contributed by atoms with Crippen molar-refractivity contribution in [2.75, 3.05) is 0 Å². The second-order valence-corrected chi connectivity index (χ2v) is 5.12. The molecule has 0 aliphatic rings. The molecular weight excluding hydrogens is 284 g/mol. The number of rotatable bonds is 4. The van der Waals surface area contributed by atoms with Crippen molar-refractivity contribution in [2.24, 2.45) is 5.73 Å². The number of nitrogens with one attached hydrogen (secondary N) is 1. The Morgan fingerprint density at radius 3 is 2.33 bits per heavy atom. The number of benzene rings is 1. The average Bonchev–Trinajstić information content (AvgIpc) is 2.26. The van der Waals surface area contributed by atoms with E-state index in [1.54, 1.807) is 0 Å². The second kappa shape index (κ2) is 5.80. The van der Waals surface area contributed by atoms with E-state index in [9.17, 15) is 21.9 Å². The summed E-state index contributed by atoms with van der Waals surface area (Å²) in [6, 6.07) is 2.22. The van der Waals surface area contributed by atoms with Gasteiger partial charge in [0.15, 0.2) is 21.4 Å². The van der Waals surface area contributed by atoms with Gasteiger partial charge in [-0.1, -0.05) is 0 Å². The zero-order valence-corrected chi connectivity index (χ0v) is 10.6. The highest BCUT2D eigenvalue weighted by Gasteiger charge is 2.17. The lowest BCUT2D eigenvalue weighted by molar-refractivity contribution is -0.0342. The molecule has 0 saturated heterocycles. The highest BCUT2D eigenvalue weighted by molar-refractivity contribution is 7.73. The third kappa shape index (κ3) is 3.42. The smallest absolute Gasteiger partial charge is 0.281 e. The Labute approximate surface area is 105 Å². The van der Waals surface area contributed by atoms with Crippen molar-refractivity contribution in [3.63, 3.8) is 0 Å². The number of aliphatic hydroxyl groups is 1. The highest BCUT2D eigenvalue weighted by atomic mass is 32.2. The molecule has 0 spiro atoms. The Hall–Kier alpha value is -1.65. The third-order valence-corrected chi connectivity index (χ3v) is 3.42. The molecule has 1 rings (SSSR count). The quantitative estimate of drug-likeness (QED) is 0.197. The summed E-state index contributed by atoms with van der Waals surface area (Å²) in [4.78, 5) is -0.494. The van der Waals surface area contributed by atoms with Crippen LogP contribution < -0.4 is 5.73 Å². The van der Waals surface area contributed by atoms with Gasteiger partial charge >= 0.3 is 0 Å². The first-order valence-corrected chi connectivity index (χ1v) is 6.80. The second-order valence-electron chi connectivity index (χ2n) is 3.09. The molecule has 1 unspecified atom stereocenters. The minimum atomic E-state index is -3.05. The van der Waals surface area contributed by atoms with Gasteiger partial charge in [-0.2, -0.15) is 0 Å². The summed E-state index contributed by atoms with van der Waals surface area (Å²) < 4.78 is 47.8. The summed E-state index contributed by atoms with van der Waals surface area (Å²) in [5, 5.41) is 16.3. The summed E-state index contributed by atoms with van der Waals surface area (Å²) in [6.07, 6.45) is -1.83. The molecule has 0 bridgehead atoms. The molecule has 0 aliphatic carbocycles. The number of thiol groups is 2. The van der Waals surface area contributed by atoms with Gasteiger partial charge in [-0.05, 0) is 18.2 Å². The van der Waals surface area contributed by atoms with Crippen molar-refractivity contribution in [1.82, 2.24) is 0 Å². The van der Waals surface area contributed by atoms with Crippen molar-refractivity contribution < 1.29 is 26.7 Å². The van der Waals surface area contributed by atoms with Crippen LogP contribution >= 0.6 is 0 Å². The minimum Gasteiger partial charge on any atom is -0.431 e. The Balaban J connectivity index is 3.35. The molecule has 18 heavy (non-hydrogen) atoms. The topological polar surface area (TPSA) is 148 Å². The van der Waals surface area contributed by atoms with Crippen LogP contribution in [0.3, 0.4) is 0 Å². The summed E-state index contributed by atoms with van der Waals surface area (Å²) in [6.45, 7) is 0. The molecule has 0 saturated carbocycles. The van der Waals surface area contributed by atoms with E-state index in [0.717, 1.165) is 18.2 Å². The Kier molecular flexibility index (Phi) is 4.64. The van der Waals surface area contributed by atoms with E-state index < -0.39 is 33.7 Å². The predicted octanol–water partition coefficient (Wildman–Crippen LogP) is -1.47. The number of amidine groups is 1. The van der Waals surface area contributed by atoms with Crippen molar-refractivity contribution in [3.05, 3.63) is 23.8 Å². The van der Waals surface area contributed by atoms with Gasteiger partial charge in [0.05, 0.1) is 9.79 Å². The maximum absolute atomic E-state index is 10.9. The first-order chi connectivity index (χ1) is 8.32. The van der Waals surface area contributed by atoms with Crippen molar-refractivity contribution in [1.29, 1.82) is 5.41 Å². The number of ether oxygens (including phenoxy) is 1. The maximum atomic E-state index is 10.9. The van der Waals surface area contributed by atoms with Gasteiger partial charge in [0.25, 0.3) is 6.02 Å². The maximum Gasteiger partial charge on any atom is 0.281 e. The van der Waals surface area contributed by atoms with Gasteiger partial charge in [0.1, 0.15) is 0 Å². The number of hydrogen-bond donors (Lipinski definition) is 5. The number of aliphatic hydroxyl groups excluding tert-OH is 1. The molecule has 1 aromatic carbocycles. The average molecular weight is 294 g/mol. The fourth-order valence-corrected chi connectivity index (χ4v) is 2.23. The minimum absolute atomic E-state index is 0.188. The van der Waals surface area contributed by atoms with E-state index in [1.165, 1.54) is 0 Å². The van der Waals surface area contributed by atoms with Crippen LogP contribution in [-0.2, 0) is 26.1 Å². The first kappa shape index (κ1) is 14.4. The van der Waals surface area contributed by atoms with Gasteiger partial charge in [0.2, 0.25) is 6.29 Å². The van der Waals surface area contributed by atoms with Gasteiger partial charge in [-0.15, -0.1) is 0 Å². The van der Waals surface area contributed by atoms with Crippen LogP contribution in [0.4, 0.5) is 0 Å². The largest absolute Gasteiger partial charge is 0.431 e. The predicted molar refractivity (Wildman–Crippen MR) is 61.6 cm³/mol. The van der Waals surface area contributed by atoms with E-state index in [-0.39, 0.29) is 15.4 Å². The van der Waals surface area contributed by atoms with Crippen LogP contribution in [0.15, 0.2) is 28.0 Å². The lowest BCUT2D eigenvalue weighted by Gasteiger charge is -2.13. The molecule has 4 N–H and O–H groups in total. The van der Waals surface area contributed by atoms with Crippen LogP contribution in [-0.4, -0.2) is 28.0 Å². The van der Waals surface area contributed by atoms with Crippen LogP contribution in [0.25, 0.3) is 0 Å². The lowest BCUT2D eigenvalue weighted by atomic mass is 10.2. The fourth-order valence-electron chi connectivity index (χ4n) is 1.20. The molecule has 0 radical (unpaired) electrons. The van der Waals surface area contributed by atoms with Crippen molar-refractivity contribution >= 4 is 27.4 Å². The normalized spacial score (nSPS) is 12.6. The van der Waals surface area contributed by atoms with E-state index >= 15 is 0 Å². The molecule has 0 amide bonds.